The summed E-state index contributed by atoms with van der Waals surface area (Å²) in [5.41, 5.74) is 1.59. The van der Waals surface area contributed by atoms with Gasteiger partial charge in [0.1, 0.15) is 0 Å². The summed E-state index contributed by atoms with van der Waals surface area (Å²) in [6, 6.07) is 14.9. The predicted octanol–water partition coefficient (Wildman–Crippen LogP) is 3.33. The summed E-state index contributed by atoms with van der Waals surface area (Å²) in [5.74, 6) is 0.820. The predicted molar refractivity (Wildman–Crippen MR) is 112 cm³/mol. The average molecular weight is 418 g/mol. The van der Waals surface area contributed by atoms with Gasteiger partial charge in [0.2, 0.25) is 5.89 Å². The molecule has 146 valence electrons. The monoisotopic (exact) mass is 417 g/mol. The van der Waals surface area contributed by atoms with Crippen molar-refractivity contribution in [1.82, 2.24) is 10.2 Å². The number of halogens is 1. The van der Waals surface area contributed by atoms with Crippen molar-refractivity contribution in [1.29, 1.82) is 0 Å². The third-order valence-corrected chi connectivity index (χ3v) is 5.47. The smallest absolute Gasteiger partial charge is 0.279 e. The standard InChI is InChI=1S/C20H21ClN4O2S/c1-13(19-23-24-20(27-19)14-7-6-8-15(21)11-14)25(2)12-18(26)22-16-9-4-5-10-17(16)28-3/h4-11,13H,12H2,1-3H3,(H,22,26)/p+1/t13-/m0/s1. The molecule has 2 N–H and O–H groups in total. The van der Waals surface area contributed by atoms with Crippen molar-refractivity contribution < 1.29 is 14.1 Å². The van der Waals surface area contributed by atoms with Crippen LogP contribution in [0.5, 0.6) is 0 Å². The molecule has 0 saturated carbocycles. The van der Waals surface area contributed by atoms with Gasteiger partial charge in [0.05, 0.1) is 12.7 Å². The summed E-state index contributed by atoms with van der Waals surface area (Å²) in [4.78, 5) is 14.4. The van der Waals surface area contributed by atoms with Crippen LogP contribution in [0.3, 0.4) is 0 Å². The number of aromatic nitrogens is 2. The van der Waals surface area contributed by atoms with Gasteiger partial charge in [-0.3, -0.25) is 4.79 Å². The summed E-state index contributed by atoms with van der Waals surface area (Å²) in [6.45, 7) is 2.23. The number of thioether (sulfide) groups is 1. The number of likely N-dealkylation sites (N-methyl/N-ethyl adjacent to an activating group) is 1. The second-order valence-corrected chi connectivity index (χ2v) is 7.73. The lowest BCUT2D eigenvalue weighted by Crippen LogP contribution is -3.10. The van der Waals surface area contributed by atoms with E-state index in [0.29, 0.717) is 16.8 Å². The zero-order chi connectivity index (χ0) is 20.1. The first kappa shape index (κ1) is 20.4. The van der Waals surface area contributed by atoms with E-state index in [-0.39, 0.29) is 18.5 Å². The molecule has 0 aliphatic carbocycles. The van der Waals surface area contributed by atoms with Crippen LogP contribution in [-0.4, -0.2) is 36.0 Å². The van der Waals surface area contributed by atoms with E-state index in [0.717, 1.165) is 21.0 Å². The highest BCUT2D eigenvalue weighted by Crippen LogP contribution is 2.24. The summed E-state index contributed by atoms with van der Waals surface area (Å²) in [5, 5.41) is 11.8. The Morgan fingerprint density at radius 1 is 1.25 bits per heavy atom. The van der Waals surface area contributed by atoms with Crippen LogP contribution in [-0.2, 0) is 4.79 Å². The van der Waals surface area contributed by atoms with Crippen LogP contribution in [0.4, 0.5) is 5.69 Å². The number of anilines is 1. The third-order valence-electron chi connectivity index (χ3n) is 4.44. The van der Waals surface area contributed by atoms with Gasteiger partial charge in [0, 0.05) is 15.5 Å². The van der Waals surface area contributed by atoms with Crippen molar-refractivity contribution >= 4 is 35.0 Å². The molecule has 3 rings (SSSR count). The van der Waals surface area contributed by atoms with E-state index in [1.807, 2.05) is 56.6 Å². The molecule has 0 aliphatic heterocycles. The van der Waals surface area contributed by atoms with E-state index in [1.165, 1.54) is 0 Å². The quantitative estimate of drug-likeness (QED) is 0.577. The van der Waals surface area contributed by atoms with Crippen LogP contribution in [0.15, 0.2) is 57.8 Å². The highest BCUT2D eigenvalue weighted by molar-refractivity contribution is 7.98. The van der Waals surface area contributed by atoms with Gasteiger partial charge in [-0.25, -0.2) is 0 Å². The Hall–Kier alpha value is -2.35. The molecule has 1 unspecified atom stereocenters. The molecular weight excluding hydrogens is 396 g/mol. The van der Waals surface area contributed by atoms with Crippen molar-refractivity contribution in [2.75, 3.05) is 25.2 Å². The Bertz CT molecular complexity index is 963. The zero-order valence-electron chi connectivity index (χ0n) is 15.9. The molecule has 1 heterocycles. The highest BCUT2D eigenvalue weighted by Gasteiger charge is 2.24. The van der Waals surface area contributed by atoms with Gasteiger partial charge >= 0.3 is 0 Å². The van der Waals surface area contributed by atoms with Crippen LogP contribution < -0.4 is 10.2 Å². The number of amides is 1. The SMILES string of the molecule is CSc1ccccc1NC(=O)C[NH+](C)[C@@H](C)c1nnc(-c2cccc(Cl)c2)o1. The lowest BCUT2D eigenvalue weighted by atomic mass is 10.2. The summed E-state index contributed by atoms with van der Waals surface area (Å²) in [7, 11) is 1.92. The first-order chi connectivity index (χ1) is 13.5. The summed E-state index contributed by atoms with van der Waals surface area (Å²) < 4.78 is 5.81. The van der Waals surface area contributed by atoms with Gasteiger partial charge in [-0.15, -0.1) is 22.0 Å². The fourth-order valence-corrected chi connectivity index (χ4v) is 3.45. The first-order valence-corrected chi connectivity index (χ1v) is 10.4. The molecule has 3 aromatic rings. The molecule has 1 amide bonds. The van der Waals surface area contributed by atoms with Crippen LogP contribution in [0, 0.1) is 0 Å². The van der Waals surface area contributed by atoms with Gasteiger partial charge in [-0.2, -0.15) is 0 Å². The minimum Gasteiger partial charge on any atom is -0.415 e. The van der Waals surface area contributed by atoms with Crippen LogP contribution in [0.2, 0.25) is 5.02 Å². The van der Waals surface area contributed by atoms with Crippen molar-refractivity contribution in [3.8, 4) is 11.5 Å². The minimum atomic E-state index is -0.137. The van der Waals surface area contributed by atoms with Crippen molar-refractivity contribution in [2.45, 2.75) is 17.9 Å². The molecule has 2 atom stereocenters. The number of nitrogens with zero attached hydrogens (tertiary/aromatic N) is 2. The lowest BCUT2D eigenvalue weighted by Gasteiger charge is -2.18. The van der Waals surface area contributed by atoms with Gasteiger partial charge < -0.3 is 14.6 Å². The lowest BCUT2D eigenvalue weighted by molar-refractivity contribution is -0.903. The molecule has 1 aromatic heterocycles. The van der Waals surface area contributed by atoms with Gasteiger partial charge in [-0.05, 0) is 43.5 Å². The molecule has 0 spiro atoms. The number of rotatable bonds is 7. The molecule has 28 heavy (non-hydrogen) atoms. The van der Waals surface area contributed by atoms with E-state index in [1.54, 1.807) is 23.9 Å². The van der Waals surface area contributed by atoms with Gasteiger partial charge in [-0.1, -0.05) is 29.8 Å². The number of hydrogen-bond acceptors (Lipinski definition) is 5. The number of carbonyl (C=O) groups is 1. The molecule has 0 saturated heterocycles. The highest BCUT2D eigenvalue weighted by atomic mass is 35.5. The Morgan fingerprint density at radius 3 is 2.79 bits per heavy atom. The summed E-state index contributed by atoms with van der Waals surface area (Å²) >= 11 is 7.62. The fourth-order valence-electron chi connectivity index (χ4n) is 2.71. The van der Waals surface area contributed by atoms with Gasteiger partial charge in [0.25, 0.3) is 11.8 Å². The molecule has 0 radical (unpaired) electrons. The first-order valence-electron chi connectivity index (χ1n) is 8.82. The number of carbonyl (C=O) groups excluding carboxylic acids is 1. The van der Waals surface area contributed by atoms with Crippen molar-refractivity contribution in [3.05, 3.63) is 59.4 Å². The Balaban J connectivity index is 1.64. The summed E-state index contributed by atoms with van der Waals surface area (Å²) in [6.07, 6.45) is 1.98. The second-order valence-electron chi connectivity index (χ2n) is 6.45. The third kappa shape index (κ3) is 4.92. The minimum absolute atomic E-state index is 0.0690. The average Bonchev–Trinajstić information content (AvgIpc) is 3.18. The number of para-hydroxylation sites is 1. The molecule has 2 aromatic carbocycles. The van der Waals surface area contributed by atoms with Crippen LogP contribution >= 0.6 is 23.4 Å². The van der Waals surface area contributed by atoms with Crippen LogP contribution in [0.1, 0.15) is 18.9 Å². The molecule has 6 nitrogen and oxygen atoms in total. The Kier molecular flexibility index (Phi) is 6.72. The largest absolute Gasteiger partial charge is 0.415 e. The topological polar surface area (TPSA) is 72.5 Å². The van der Waals surface area contributed by atoms with Crippen LogP contribution in [0.25, 0.3) is 11.5 Å². The molecule has 8 heteroatoms. The molecule has 0 aliphatic rings. The van der Waals surface area contributed by atoms with E-state index >= 15 is 0 Å². The number of benzene rings is 2. The maximum absolute atomic E-state index is 12.5. The zero-order valence-corrected chi connectivity index (χ0v) is 17.5. The van der Waals surface area contributed by atoms with Crippen molar-refractivity contribution in [3.63, 3.8) is 0 Å². The number of quaternary nitrogens is 1. The molecule has 0 bridgehead atoms. The fraction of sp³-hybridized carbons (Fsp3) is 0.250. The van der Waals surface area contributed by atoms with E-state index in [9.17, 15) is 4.79 Å². The maximum atomic E-state index is 12.5. The Labute approximate surface area is 173 Å². The molecule has 0 fully saturated rings. The number of hydrogen-bond donors (Lipinski definition) is 2. The maximum Gasteiger partial charge on any atom is 0.279 e. The second kappa shape index (κ2) is 9.23. The van der Waals surface area contributed by atoms with Gasteiger partial charge in [0.15, 0.2) is 12.6 Å². The van der Waals surface area contributed by atoms with Crippen molar-refractivity contribution in [2.24, 2.45) is 0 Å². The van der Waals surface area contributed by atoms with E-state index in [2.05, 4.69) is 15.5 Å². The number of nitrogens with one attached hydrogen (secondary N) is 2. The van der Waals surface area contributed by atoms with E-state index < -0.39 is 0 Å². The normalized spacial score (nSPS) is 13.1. The Morgan fingerprint density at radius 2 is 2.04 bits per heavy atom. The molecular formula is C20H22ClN4O2S+. The van der Waals surface area contributed by atoms with E-state index in [4.69, 9.17) is 16.0 Å².